The van der Waals surface area contributed by atoms with Crippen LogP contribution in [0, 0.1) is 17.1 Å². The molecule has 0 saturated carbocycles. The minimum atomic E-state index is -0.537. The number of benzene rings is 1. The van der Waals surface area contributed by atoms with Crippen molar-refractivity contribution in [2.24, 2.45) is 0 Å². The maximum Gasteiger partial charge on any atom is 0.348 e. The van der Waals surface area contributed by atoms with Crippen molar-refractivity contribution < 1.29 is 13.9 Å². The van der Waals surface area contributed by atoms with E-state index in [0.29, 0.717) is 25.9 Å². The van der Waals surface area contributed by atoms with Crippen LogP contribution in [0.4, 0.5) is 10.1 Å². The summed E-state index contributed by atoms with van der Waals surface area (Å²) in [7, 11) is 0. The molecule has 0 bridgehead atoms. The van der Waals surface area contributed by atoms with Crippen LogP contribution < -0.4 is 4.90 Å². The summed E-state index contributed by atoms with van der Waals surface area (Å²) in [6.45, 7) is 3.38. The highest BCUT2D eigenvalue weighted by atomic mass is 19.1. The monoisotopic (exact) mass is 288 g/mol. The van der Waals surface area contributed by atoms with Gasteiger partial charge in [-0.15, -0.1) is 0 Å². The fraction of sp³-hybridized carbons (Fsp3) is 0.375. The van der Waals surface area contributed by atoms with E-state index in [4.69, 9.17) is 10.00 Å². The van der Waals surface area contributed by atoms with E-state index >= 15 is 0 Å². The molecule has 2 rings (SSSR count). The van der Waals surface area contributed by atoms with Gasteiger partial charge in [-0.1, -0.05) is 0 Å². The molecular formula is C16H17FN2O2. The van der Waals surface area contributed by atoms with Crippen LogP contribution in [-0.4, -0.2) is 25.7 Å². The molecule has 1 aliphatic heterocycles. The first-order valence-electron chi connectivity index (χ1n) is 6.95. The van der Waals surface area contributed by atoms with Crippen molar-refractivity contribution in [3.63, 3.8) is 0 Å². The van der Waals surface area contributed by atoms with Crippen molar-refractivity contribution >= 4 is 11.7 Å². The van der Waals surface area contributed by atoms with Gasteiger partial charge in [-0.3, -0.25) is 0 Å². The highest BCUT2D eigenvalue weighted by molar-refractivity contribution is 5.93. The Labute approximate surface area is 123 Å². The van der Waals surface area contributed by atoms with E-state index in [2.05, 4.69) is 4.90 Å². The molecule has 0 amide bonds. The SMILES string of the molecule is CCOC(=O)C(C#N)=C1CCN(c2ccc(F)cc2)CC1. The van der Waals surface area contributed by atoms with Crippen LogP contribution >= 0.6 is 0 Å². The predicted octanol–water partition coefficient (Wildman–Crippen LogP) is 2.81. The van der Waals surface area contributed by atoms with E-state index in [0.717, 1.165) is 11.3 Å². The molecule has 0 aliphatic carbocycles. The lowest BCUT2D eigenvalue weighted by molar-refractivity contribution is -0.138. The maximum absolute atomic E-state index is 12.9. The number of halogens is 1. The van der Waals surface area contributed by atoms with Crippen molar-refractivity contribution in [3.8, 4) is 6.07 Å². The van der Waals surface area contributed by atoms with Crippen LogP contribution in [0.3, 0.4) is 0 Å². The fourth-order valence-corrected chi connectivity index (χ4v) is 2.41. The largest absolute Gasteiger partial charge is 0.462 e. The first kappa shape index (κ1) is 15.0. The van der Waals surface area contributed by atoms with E-state index in [9.17, 15) is 9.18 Å². The number of esters is 1. The summed E-state index contributed by atoms with van der Waals surface area (Å²) in [4.78, 5) is 13.8. The molecule has 110 valence electrons. The van der Waals surface area contributed by atoms with E-state index in [1.165, 1.54) is 12.1 Å². The molecule has 1 heterocycles. The molecule has 0 atom stereocenters. The van der Waals surface area contributed by atoms with Crippen LogP contribution in [0.2, 0.25) is 0 Å². The van der Waals surface area contributed by atoms with Crippen molar-refractivity contribution in [2.45, 2.75) is 19.8 Å². The smallest absolute Gasteiger partial charge is 0.348 e. The maximum atomic E-state index is 12.9. The Morgan fingerprint density at radius 3 is 2.48 bits per heavy atom. The molecular weight excluding hydrogens is 271 g/mol. The summed E-state index contributed by atoms with van der Waals surface area (Å²) in [6.07, 6.45) is 1.28. The number of rotatable bonds is 3. The van der Waals surface area contributed by atoms with E-state index < -0.39 is 5.97 Å². The van der Waals surface area contributed by atoms with E-state index in [1.54, 1.807) is 19.1 Å². The highest BCUT2D eigenvalue weighted by Crippen LogP contribution is 2.25. The molecule has 5 heteroatoms. The molecule has 1 aromatic rings. The van der Waals surface area contributed by atoms with Gasteiger partial charge in [0.15, 0.2) is 0 Å². The normalized spacial score (nSPS) is 14.5. The molecule has 21 heavy (non-hydrogen) atoms. The summed E-state index contributed by atoms with van der Waals surface area (Å²) in [5, 5.41) is 9.12. The number of piperidine rings is 1. The van der Waals surface area contributed by atoms with Gasteiger partial charge < -0.3 is 9.64 Å². The number of anilines is 1. The molecule has 0 spiro atoms. The Morgan fingerprint density at radius 1 is 1.33 bits per heavy atom. The number of hydrogen-bond donors (Lipinski definition) is 0. The zero-order chi connectivity index (χ0) is 15.2. The topological polar surface area (TPSA) is 53.3 Å². The average molecular weight is 288 g/mol. The zero-order valence-corrected chi connectivity index (χ0v) is 11.9. The van der Waals surface area contributed by atoms with Gasteiger partial charge in [0.05, 0.1) is 6.61 Å². The third-order valence-corrected chi connectivity index (χ3v) is 3.50. The van der Waals surface area contributed by atoms with Crippen LogP contribution in [-0.2, 0) is 9.53 Å². The van der Waals surface area contributed by atoms with Crippen molar-refractivity contribution in [1.29, 1.82) is 5.26 Å². The molecule has 0 radical (unpaired) electrons. The zero-order valence-electron chi connectivity index (χ0n) is 11.9. The van der Waals surface area contributed by atoms with Crippen LogP contribution in [0.15, 0.2) is 35.4 Å². The number of nitriles is 1. The van der Waals surface area contributed by atoms with Gasteiger partial charge in [0.25, 0.3) is 0 Å². The van der Waals surface area contributed by atoms with E-state index in [-0.39, 0.29) is 18.0 Å². The molecule has 0 unspecified atom stereocenters. The van der Waals surface area contributed by atoms with Crippen molar-refractivity contribution in [1.82, 2.24) is 0 Å². The summed E-state index contributed by atoms with van der Waals surface area (Å²) < 4.78 is 17.8. The molecule has 0 aromatic heterocycles. The number of ether oxygens (including phenoxy) is 1. The predicted molar refractivity (Wildman–Crippen MR) is 77.1 cm³/mol. The second-order valence-corrected chi connectivity index (χ2v) is 4.77. The molecule has 1 aromatic carbocycles. The van der Waals surface area contributed by atoms with Gasteiger partial charge in [0, 0.05) is 18.8 Å². The summed E-state index contributed by atoms with van der Waals surface area (Å²) >= 11 is 0. The molecule has 1 saturated heterocycles. The quantitative estimate of drug-likeness (QED) is 0.487. The van der Waals surface area contributed by atoms with Crippen LogP contribution in [0.25, 0.3) is 0 Å². The first-order chi connectivity index (χ1) is 10.2. The van der Waals surface area contributed by atoms with Gasteiger partial charge in [-0.2, -0.15) is 5.26 Å². The van der Waals surface area contributed by atoms with Crippen LogP contribution in [0.5, 0.6) is 0 Å². The number of carbonyl (C=O) groups excluding carboxylic acids is 1. The summed E-state index contributed by atoms with van der Waals surface area (Å²) in [5.41, 5.74) is 1.93. The lowest BCUT2D eigenvalue weighted by atomic mass is 9.98. The second kappa shape index (κ2) is 6.89. The van der Waals surface area contributed by atoms with Gasteiger partial charge in [-0.05, 0) is 49.6 Å². The molecule has 0 N–H and O–H groups in total. The third-order valence-electron chi connectivity index (χ3n) is 3.50. The Kier molecular flexibility index (Phi) is 4.94. The minimum absolute atomic E-state index is 0.135. The minimum Gasteiger partial charge on any atom is -0.462 e. The fourth-order valence-electron chi connectivity index (χ4n) is 2.41. The van der Waals surface area contributed by atoms with Gasteiger partial charge in [0.2, 0.25) is 0 Å². The molecule has 4 nitrogen and oxygen atoms in total. The first-order valence-corrected chi connectivity index (χ1v) is 6.95. The number of hydrogen-bond acceptors (Lipinski definition) is 4. The Bertz CT molecular complexity index is 577. The number of carbonyl (C=O) groups is 1. The lowest BCUT2D eigenvalue weighted by Gasteiger charge is -2.30. The Hall–Kier alpha value is -2.35. The third kappa shape index (κ3) is 3.60. The molecule has 1 aliphatic rings. The second-order valence-electron chi connectivity index (χ2n) is 4.77. The van der Waals surface area contributed by atoms with Crippen molar-refractivity contribution in [2.75, 3.05) is 24.6 Å². The standard InChI is InChI=1S/C16H17FN2O2/c1-2-21-16(20)15(11-18)12-7-9-19(10-8-12)14-5-3-13(17)4-6-14/h3-6H,2,7-10H2,1H3. The van der Waals surface area contributed by atoms with Gasteiger partial charge in [0.1, 0.15) is 17.5 Å². The number of nitrogens with zero attached hydrogens (tertiary/aromatic N) is 2. The highest BCUT2D eigenvalue weighted by Gasteiger charge is 2.21. The average Bonchev–Trinajstić information content (AvgIpc) is 2.50. The Morgan fingerprint density at radius 2 is 1.95 bits per heavy atom. The Balaban J connectivity index is 2.07. The van der Waals surface area contributed by atoms with Gasteiger partial charge >= 0.3 is 5.97 Å². The van der Waals surface area contributed by atoms with E-state index in [1.807, 2.05) is 6.07 Å². The van der Waals surface area contributed by atoms with Gasteiger partial charge in [-0.25, -0.2) is 9.18 Å². The summed E-state index contributed by atoms with van der Waals surface area (Å²) in [6, 6.07) is 8.29. The van der Waals surface area contributed by atoms with Crippen molar-refractivity contribution in [3.05, 3.63) is 41.2 Å². The molecule has 1 fully saturated rings. The van der Waals surface area contributed by atoms with Crippen LogP contribution in [0.1, 0.15) is 19.8 Å². The summed E-state index contributed by atoms with van der Waals surface area (Å²) in [5.74, 6) is -0.796. The lowest BCUT2D eigenvalue weighted by Crippen LogP contribution is -2.31.